The summed E-state index contributed by atoms with van der Waals surface area (Å²) in [6.07, 6.45) is 0. The van der Waals surface area contributed by atoms with Gasteiger partial charge in [0.1, 0.15) is 11.6 Å². The molecule has 0 spiro atoms. The van der Waals surface area contributed by atoms with Gasteiger partial charge in [0.2, 0.25) is 0 Å². The van der Waals surface area contributed by atoms with Crippen LogP contribution in [0.15, 0.2) is 30.3 Å². The van der Waals surface area contributed by atoms with Crippen LogP contribution in [-0.4, -0.2) is 17.0 Å². The van der Waals surface area contributed by atoms with Crippen molar-refractivity contribution < 1.29 is 4.92 Å². The van der Waals surface area contributed by atoms with E-state index in [1.165, 1.54) is 12.1 Å². The summed E-state index contributed by atoms with van der Waals surface area (Å²) in [7, 11) is 1.64. The Morgan fingerprint density at radius 3 is 2.62 bits per heavy atom. The molecule has 2 aromatic rings. The molecular weight excluding hydrogens is 270 g/mol. The number of nitro groups is 1. The number of aromatic nitrogens is 1. The molecule has 1 aromatic carbocycles. The maximum Gasteiger partial charge on any atom is 0.276 e. The average molecular weight is 283 g/mol. The van der Waals surface area contributed by atoms with Crippen molar-refractivity contribution in [3.05, 3.63) is 51.6 Å². The zero-order chi connectivity index (χ0) is 15.4. The second-order valence-electron chi connectivity index (χ2n) is 4.37. The minimum atomic E-state index is -0.480. The van der Waals surface area contributed by atoms with Crippen molar-refractivity contribution >= 4 is 23.0 Å². The van der Waals surface area contributed by atoms with Crippen LogP contribution < -0.4 is 10.6 Å². The van der Waals surface area contributed by atoms with Gasteiger partial charge in [-0.25, -0.2) is 4.98 Å². The van der Waals surface area contributed by atoms with Gasteiger partial charge in [-0.15, -0.1) is 0 Å². The van der Waals surface area contributed by atoms with Gasteiger partial charge >= 0.3 is 0 Å². The van der Waals surface area contributed by atoms with Gasteiger partial charge in [0.15, 0.2) is 0 Å². The van der Waals surface area contributed by atoms with Crippen LogP contribution in [0.25, 0.3) is 0 Å². The predicted octanol–water partition coefficient (Wildman–Crippen LogP) is 2.96. The Kier molecular flexibility index (Phi) is 4.00. The van der Waals surface area contributed by atoms with Gasteiger partial charge in [-0.1, -0.05) is 6.07 Å². The highest BCUT2D eigenvalue weighted by molar-refractivity contribution is 5.66. The number of nitrogens with zero attached hydrogens (tertiary/aromatic N) is 3. The van der Waals surface area contributed by atoms with E-state index in [9.17, 15) is 10.1 Å². The summed E-state index contributed by atoms with van der Waals surface area (Å²) in [5.41, 5.74) is 2.03. The molecule has 2 N–H and O–H groups in total. The number of nitriles is 1. The zero-order valence-electron chi connectivity index (χ0n) is 11.5. The van der Waals surface area contributed by atoms with Crippen LogP contribution in [0, 0.1) is 28.4 Å². The normalized spacial score (nSPS) is 9.76. The number of pyridine rings is 1. The summed E-state index contributed by atoms with van der Waals surface area (Å²) >= 11 is 0. The van der Waals surface area contributed by atoms with Crippen molar-refractivity contribution in [1.82, 2.24) is 4.98 Å². The van der Waals surface area contributed by atoms with Crippen LogP contribution in [0.2, 0.25) is 0 Å². The van der Waals surface area contributed by atoms with Crippen molar-refractivity contribution in [2.75, 3.05) is 17.7 Å². The van der Waals surface area contributed by atoms with Gasteiger partial charge < -0.3 is 10.6 Å². The van der Waals surface area contributed by atoms with E-state index in [1.54, 1.807) is 25.2 Å². The summed E-state index contributed by atoms with van der Waals surface area (Å²) in [4.78, 5) is 14.7. The molecule has 7 heteroatoms. The Bertz CT molecular complexity index is 737. The molecular formula is C14H13N5O2. The fourth-order valence-electron chi connectivity index (χ4n) is 1.78. The van der Waals surface area contributed by atoms with Gasteiger partial charge in [0.25, 0.3) is 5.69 Å². The highest BCUT2D eigenvalue weighted by Crippen LogP contribution is 2.25. The molecule has 21 heavy (non-hydrogen) atoms. The Labute approximate surface area is 121 Å². The molecule has 2 rings (SSSR count). The first-order chi connectivity index (χ1) is 10.0. The molecule has 0 saturated carbocycles. The van der Waals surface area contributed by atoms with Gasteiger partial charge in [0, 0.05) is 12.7 Å². The number of benzene rings is 1. The summed E-state index contributed by atoms with van der Waals surface area (Å²) < 4.78 is 0. The minimum absolute atomic E-state index is 0.0639. The third-order valence-corrected chi connectivity index (χ3v) is 2.91. The van der Waals surface area contributed by atoms with E-state index in [0.717, 1.165) is 5.56 Å². The fraction of sp³-hybridized carbons (Fsp3) is 0.143. The lowest BCUT2D eigenvalue weighted by molar-refractivity contribution is -0.384. The predicted molar refractivity (Wildman–Crippen MR) is 79.6 cm³/mol. The van der Waals surface area contributed by atoms with E-state index in [2.05, 4.69) is 21.7 Å². The molecule has 1 heterocycles. The van der Waals surface area contributed by atoms with Gasteiger partial charge in [-0.3, -0.25) is 10.1 Å². The summed E-state index contributed by atoms with van der Waals surface area (Å²) in [5.74, 6) is 0.729. The van der Waals surface area contributed by atoms with Crippen LogP contribution in [0.5, 0.6) is 0 Å². The van der Waals surface area contributed by atoms with Crippen molar-refractivity contribution in [3.63, 3.8) is 0 Å². The van der Waals surface area contributed by atoms with Crippen molar-refractivity contribution in [3.8, 4) is 6.07 Å². The first-order valence-electron chi connectivity index (χ1n) is 6.15. The number of hydrogen-bond donors (Lipinski definition) is 2. The molecule has 7 nitrogen and oxygen atoms in total. The highest BCUT2D eigenvalue weighted by atomic mass is 16.6. The van der Waals surface area contributed by atoms with Crippen molar-refractivity contribution in [2.24, 2.45) is 0 Å². The first-order valence-corrected chi connectivity index (χ1v) is 6.15. The molecule has 0 bridgehead atoms. The molecule has 0 unspecified atom stereocenters. The second-order valence-corrected chi connectivity index (χ2v) is 4.37. The van der Waals surface area contributed by atoms with E-state index in [0.29, 0.717) is 22.9 Å². The Balaban J connectivity index is 2.41. The molecule has 0 saturated heterocycles. The van der Waals surface area contributed by atoms with E-state index >= 15 is 0 Å². The maximum absolute atomic E-state index is 10.9. The molecule has 0 amide bonds. The topological polar surface area (TPSA) is 104 Å². The lowest BCUT2D eigenvalue weighted by Gasteiger charge is -2.10. The summed E-state index contributed by atoms with van der Waals surface area (Å²) in [5, 5.41) is 25.6. The Hall–Kier alpha value is -3.14. The largest absolute Gasteiger partial charge is 0.373 e. The quantitative estimate of drug-likeness (QED) is 0.660. The van der Waals surface area contributed by atoms with Crippen molar-refractivity contribution in [1.29, 1.82) is 5.26 Å². The maximum atomic E-state index is 10.9. The molecule has 0 aliphatic heterocycles. The molecule has 0 atom stereocenters. The highest BCUT2D eigenvalue weighted by Gasteiger charge is 2.11. The summed E-state index contributed by atoms with van der Waals surface area (Å²) in [6, 6.07) is 9.94. The number of rotatable bonds is 4. The molecule has 106 valence electrons. The molecule has 1 aromatic heterocycles. The number of aryl methyl sites for hydroxylation is 1. The van der Waals surface area contributed by atoms with Crippen LogP contribution >= 0.6 is 0 Å². The van der Waals surface area contributed by atoms with Gasteiger partial charge in [-0.05, 0) is 24.6 Å². The average Bonchev–Trinajstić information content (AvgIpc) is 2.49. The van der Waals surface area contributed by atoms with Gasteiger partial charge in [0.05, 0.1) is 28.7 Å². The lowest BCUT2D eigenvalue weighted by atomic mass is 10.1. The number of anilines is 3. The minimum Gasteiger partial charge on any atom is -0.373 e. The standard InChI is InChI=1S/C14H13N5O2/c1-9-3-4-10(8-15)5-12(9)17-14-7-11(19(20)21)6-13(16-2)18-14/h3-7H,1-2H3,(H2,16,17,18). The van der Waals surface area contributed by atoms with E-state index in [1.807, 2.05) is 6.92 Å². The third kappa shape index (κ3) is 3.25. The third-order valence-electron chi connectivity index (χ3n) is 2.91. The summed E-state index contributed by atoms with van der Waals surface area (Å²) in [6.45, 7) is 1.87. The molecule has 0 aliphatic carbocycles. The first kappa shape index (κ1) is 14.3. The van der Waals surface area contributed by atoms with Crippen LogP contribution in [0.4, 0.5) is 23.0 Å². The molecule has 0 radical (unpaired) electrons. The van der Waals surface area contributed by atoms with Crippen molar-refractivity contribution in [2.45, 2.75) is 6.92 Å². The Morgan fingerprint density at radius 1 is 1.29 bits per heavy atom. The fourth-order valence-corrected chi connectivity index (χ4v) is 1.78. The smallest absolute Gasteiger partial charge is 0.276 e. The van der Waals surface area contributed by atoms with Crippen LogP contribution in [0.1, 0.15) is 11.1 Å². The monoisotopic (exact) mass is 283 g/mol. The molecule has 0 aliphatic rings. The zero-order valence-corrected chi connectivity index (χ0v) is 11.5. The number of nitrogens with one attached hydrogen (secondary N) is 2. The van der Waals surface area contributed by atoms with Gasteiger partial charge in [-0.2, -0.15) is 5.26 Å². The van der Waals surface area contributed by atoms with E-state index < -0.39 is 4.92 Å². The second kappa shape index (κ2) is 5.88. The molecule has 0 fully saturated rings. The van der Waals surface area contributed by atoms with E-state index in [4.69, 9.17) is 5.26 Å². The Morgan fingerprint density at radius 2 is 2.00 bits per heavy atom. The van der Waals surface area contributed by atoms with Crippen LogP contribution in [0.3, 0.4) is 0 Å². The SMILES string of the molecule is CNc1cc([N+](=O)[O-])cc(Nc2cc(C#N)ccc2C)n1. The van der Waals surface area contributed by atoms with Crippen LogP contribution in [-0.2, 0) is 0 Å². The van der Waals surface area contributed by atoms with E-state index in [-0.39, 0.29) is 5.69 Å². The number of hydrogen-bond acceptors (Lipinski definition) is 6. The lowest BCUT2D eigenvalue weighted by Crippen LogP contribution is -2.01.